The third-order valence-corrected chi connectivity index (χ3v) is 4.58. The highest BCUT2D eigenvalue weighted by atomic mass is 32.2. The SMILES string of the molecule is CCn1c(CCC(N)=O)nnc1SCC(=O)NCCc1ccccc1. The number of aromatic nitrogens is 3. The number of amides is 2. The van der Waals surface area contributed by atoms with E-state index < -0.39 is 0 Å². The normalized spacial score (nSPS) is 10.6. The highest BCUT2D eigenvalue weighted by molar-refractivity contribution is 7.99. The predicted octanol–water partition coefficient (Wildman–Crippen LogP) is 1.17. The number of carbonyl (C=O) groups is 2. The van der Waals surface area contributed by atoms with Gasteiger partial charge in [0.15, 0.2) is 5.16 Å². The lowest BCUT2D eigenvalue weighted by Crippen LogP contribution is -2.27. The Morgan fingerprint density at radius 1 is 1.20 bits per heavy atom. The number of primary amides is 1. The highest BCUT2D eigenvalue weighted by Gasteiger charge is 2.13. The lowest BCUT2D eigenvalue weighted by Gasteiger charge is -2.07. The smallest absolute Gasteiger partial charge is 0.230 e. The maximum Gasteiger partial charge on any atom is 0.230 e. The maximum absolute atomic E-state index is 12.0. The van der Waals surface area contributed by atoms with Gasteiger partial charge >= 0.3 is 0 Å². The number of nitrogens with one attached hydrogen (secondary N) is 1. The first-order valence-corrected chi connectivity index (χ1v) is 9.22. The van der Waals surface area contributed by atoms with Crippen molar-refractivity contribution in [3.05, 3.63) is 41.7 Å². The number of rotatable bonds is 10. The van der Waals surface area contributed by atoms with E-state index in [0.717, 1.165) is 6.42 Å². The average Bonchev–Trinajstić information content (AvgIpc) is 3.01. The first kappa shape index (κ1) is 19.0. The van der Waals surface area contributed by atoms with Crippen molar-refractivity contribution in [2.24, 2.45) is 5.73 Å². The Hall–Kier alpha value is -2.35. The van der Waals surface area contributed by atoms with Gasteiger partial charge in [-0.1, -0.05) is 42.1 Å². The van der Waals surface area contributed by atoms with E-state index in [-0.39, 0.29) is 24.0 Å². The Morgan fingerprint density at radius 3 is 2.64 bits per heavy atom. The lowest BCUT2D eigenvalue weighted by molar-refractivity contribution is -0.119. The van der Waals surface area contributed by atoms with Crippen molar-refractivity contribution >= 4 is 23.6 Å². The zero-order valence-electron chi connectivity index (χ0n) is 14.3. The van der Waals surface area contributed by atoms with Gasteiger partial charge in [-0.3, -0.25) is 9.59 Å². The second-order valence-electron chi connectivity index (χ2n) is 5.48. The van der Waals surface area contributed by atoms with Gasteiger partial charge in [0.2, 0.25) is 11.8 Å². The minimum absolute atomic E-state index is 0.0368. The number of carbonyl (C=O) groups excluding carboxylic acids is 2. The first-order valence-electron chi connectivity index (χ1n) is 8.24. The van der Waals surface area contributed by atoms with E-state index >= 15 is 0 Å². The third kappa shape index (κ3) is 6.22. The van der Waals surface area contributed by atoms with Gasteiger partial charge in [0, 0.05) is 25.9 Å². The van der Waals surface area contributed by atoms with Crippen molar-refractivity contribution in [1.29, 1.82) is 0 Å². The van der Waals surface area contributed by atoms with Gasteiger partial charge in [0.25, 0.3) is 0 Å². The fourth-order valence-corrected chi connectivity index (χ4v) is 3.19. The van der Waals surface area contributed by atoms with Crippen LogP contribution in [0.3, 0.4) is 0 Å². The summed E-state index contributed by atoms with van der Waals surface area (Å²) in [6, 6.07) is 10.0. The molecule has 25 heavy (non-hydrogen) atoms. The molecule has 7 nitrogen and oxygen atoms in total. The summed E-state index contributed by atoms with van der Waals surface area (Å²) in [5.41, 5.74) is 6.37. The molecular formula is C17H23N5O2S. The maximum atomic E-state index is 12.0. The van der Waals surface area contributed by atoms with Crippen molar-refractivity contribution < 1.29 is 9.59 Å². The summed E-state index contributed by atoms with van der Waals surface area (Å²) in [7, 11) is 0. The van der Waals surface area contributed by atoms with E-state index in [4.69, 9.17) is 5.73 Å². The highest BCUT2D eigenvalue weighted by Crippen LogP contribution is 2.17. The van der Waals surface area contributed by atoms with Crippen LogP contribution < -0.4 is 11.1 Å². The number of benzene rings is 1. The fourth-order valence-electron chi connectivity index (χ4n) is 2.34. The van der Waals surface area contributed by atoms with E-state index in [2.05, 4.69) is 15.5 Å². The molecule has 0 saturated heterocycles. The molecule has 1 aromatic heterocycles. The van der Waals surface area contributed by atoms with Gasteiger partial charge in [0.05, 0.1) is 5.75 Å². The molecule has 0 bridgehead atoms. The predicted molar refractivity (Wildman–Crippen MR) is 97.1 cm³/mol. The Morgan fingerprint density at radius 2 is 1.96 bits per heavy atom. The molecule has 0 unspecified atom stereocenters. The van der Waals surface area contributed by atoms with Crippen molar-refractivity contribution in [2.45, 2.75) is 37.9 Å². The third-order valence-electron chi connectivity index (χ3n) is 3.62. The molecule has 0 spiro atoms. The van der Waals surface area contributed by atoms with E-state index in [1.54, 1.807) is 0 Å². The molecule has 0 aliphatic carbocycles. The molecule has 2 rings (SSSR count). The summed E-state index contributed by atoms with van der Waals surface area (Å²) in [4.78, 5) is 22.9. The molecule has 0 aliphatic rings. The topological polar surface area (TPSA) is 103 Å². The van der Waals surface area contributed by atoms with Crippen LogP contribution in [0.5, 0.6) is 0 Å². The van der Waals surface area contributed by atoms with Crippen molar-refractivity contribution in [1.82, 2.24) is 20.1 Å². The summed E-state index contributed by atoms with van der Waals surface area (Å²) in [5, 5.41) is 11.8. The molecule has 0 radical (unpaired) electrons. The average molecular weight is 361 g/mol. The van der Waals surface area contributed by atoms with Gasteiger partial charge in [-0.2, -0.15) is 0 Å². The Labute approximate surface area is 151 Å². The standard InChI is InChI=1S/C17H23N5O2S/c1-2-22-15(9-8-14(18)23)20-21-17(22)25-12-16(24)19-11-10-13-6-4-3-5-7-13/h3-7H,2,8-12H2,1H3,(H2,18,23)(H,19,24). The number of aryl methyl sites for hydroxylation is 1. The van der Waals surface area contributed by atoms with Crippen LogP contribution in [0.2, 0.25) is 0 Å². The van der Waals surface area contributed by atoms with Crippen LogP contribution in [-0.4, -0.2) is 38.9 Å². The monoisotopic (exact) mass is 361 g/mol. The minimum Gasteiger partial charge on any atom is -0.370 e. The van der Waals surface area contributed by atoms with Crippen LogP contribution in [0.15, 0.2) is 35.5 Å². The summed E-state index contributed by atoms with van der Waals surface area (Å²) < 4.78 is 1.91. The van der Waals surface area contributed by atoms with Crippen LogP contribution in [0.25, 0.3) is 0 Å². The van der Waals surface area contributed by atoms with Gasteiger partial charge in [-0.25, -0.2) is 0 Å². The molecule has 3 N–H and O–H groups in total. The molecule has 2 amide bonds. The Kier molecular flexibility index (Phi) is 7.46. The number of hydrogen-bond acceptors (Lipinski definition) is 5. The van der Waals surface area contributed by atoms with Crippen molar-refractivity contribution in [2.75, 3.05) is 12.3 Å². The number of nitrogens with zero attached hydrogens (tertiary/aromatic N) is 3. The molecule has 0 aliphatic heterocycles. The van der Waals surface area contributed by atoms with Crippen LogP contribution in [0, 0.1) is 0 Å². The molecule has 1 heterocycles. The fraction of sp³-hybridized carbons (Fsp3) is 0.412. The van der Waals surface area contributed by atoms with Gasteiger partial charge < -0.3 is 15.6 Å². The minimum atomic E-state index is -0.363. The molecule has 8 heteroatoms. The van der Waals surface area contributed by atoms with Crippen LogP contribution in [0.1, 0.15) is 24.7 Å². The number of thioether (sulfide) groups is 1. The molecule has 134 valence electrons. The quantitative estimate of drug-likeness (QED) is 0.618. The molecule has 1 aromatic carbocycles. The summed E-state index contributed by atoms with van der Waals surface area (Å²) in [6.45, 7) is 3.26. The summed E-state index contributed by atoms with van der Waals surface area (Å²) >= 11 is 1.34. The number of hydrogen-bond donors (Lipinski definition) is 2. The van der Waals surface area contributed by atoms with E-state index in [1.807, 2.05) is 41.8 Å². The Balaban J connectivity index is 1.78. The van der Waals surface area contributed by atoms with Gasteiger partial charge in [0.1, 0.15) is 5.82 Å². The van der Waals surface area contributed by atoms with E-state index in [0.29, 0.717) is 30.5 Å². The van der Waals surface area contributed by atoms with Crippen molar-refractivity contribution in [3.8, 4) is 0 Å². The zero-order valence-corrected chi connectivity index (χ0v) is 15.1. The zero-order chi connectivity index (χ0) is 18.1. The van der Waals surface area contributed by atoms with E-state index in [1.165, 1.54) is 17.3 Å². The number of nitrogens with two attached hydrogens (primary N) is 1. The van der Waals surface area contributed by atoms with Gasteiger partial charge in [-0.05, 0) is 18.9 Å². The second kappa shape index (κ2) is 9.83. The van der Waals surface area contributed by atoms with Crippen LogP contribution >= 0.6 is 11.8 Å². The molecule has 0 atom stereocenters. The second-order valence-corrected chi connectivity index (χ2v) is 6.43. The largest absolute Gasteiger partial charge is 0.370 e. The lowest BCUT2D eigenvalue weighted by atomic mass is 10.1. The molecule has 0 fully saturated rings. The molecule has 0 saturated carbocycles. The molecular weight excluding hydrogens is 338 g/mol. The van der Waals surface area contributed by atoms with Crippen molar-refractivity contribution in [3.63, 3.8) is 0 Å². The van der Waals surface area contributed by atoms with Crippen LogP contribution in [0.4, 0.5) is 0 Å². The Bertz CT molecular complexity index is 702. The van der Waals surface area contributed by atoms with Crippen LogP contribution in [-0.2, 0) is 29.0 Å². The first-order chi connectivity index (χ1) is 12.1. The molecule has 2 aromatic rings. The van der Waals surface area contributed by atoms with E-state index in [9.17, 15) is 9.59 Å². The van der Waals surface area contributed by atoms with Gasteiger partial charge in [-0.15, -0.1) is 10.2 Å². The summed E-state index contributed by atoms with van der Waals surface area (Å²) in [5.74, 6) is 0.596. The summed E-state index contributed by atoms with van der Waals surface area (Å²) in [6.07, 6.45) is 1.50.